The summed E-state index contributed by atoms with van der Waals surface area (Å²) in [4.78, 5) is 10.7. The third kappa shape index (κ3) is 2.89. The second kappa shape index (κ2) is 5.07. The molecule has 1 atom stereocenters. The molecule has 1 saturated heterocycles. The Balaban J connectivity index is 1.75. The Morgan fingerprint density at radius 3 is 3.13 bits per heavy atom. The number of hydrogen-bond donors (Lipinski definition) is 1. The van der Waals surface area contributed by atoms with Crippen LogP contribution < -0.4 is 5.32 Å². The van der Waals surface area contributed by atoms with E-state index in [1.54, 1.807) is 18.6 Å². The molecule has 0 aliphatic carbocycles. The van der Waals surface area contributed by atoms with Gasteiger partial charge in [0.25, 0.3) is 0 Å². The number of nitrogens with zero attached hydrogens (tertiary/aromatic N) is 3. The highest BCUT2D eigenvalue weighted by molar-refractivity contribution is 5.29. The summed E-state index contributed by atoms with van der Waals surface area (Å²) in [6, 6.07) is 0. The molecule has 4 nitrogen and oxygen atoms in total. The molecule has 0 amide bonds. The van der Waals surface area contributed by atoms with Gasteiger partial charge in [-0.2, -0.15) is 0 Å². The van der Waals surface area contributed by atoms with E-state index in [0.29, 0.717) is 0 Å². The molecular weight excluding hydrogens is 188 g/mol. The normalized spacial score (nSPS) is 21.8. The average molecular weight is 206 g/mol. The van der Waals surface area contributed by atoms with E-state index in [1.807, 2.05) is 0 Å². The van der Waals surface area contributed by atoms with Crippen LogP contribution in [-0.2, 0) is 0 Å². The molecule has 1 fully saturated rings. The maximum absolute atomic E-state index is 4.19. The third-order valence-electron chi connectivity index (χ3n) is 2.95. The van der Waals surface area contributed by atoms with Crippen molar-refractivity contribution in [1.29, 1.82) is 0 Å². The summed E-state index contributed by atoms with van der Waals surface area (Å²) in [5.74, 6) is 1.64. The van der Waals surface area contributed by atoms with Crippen molar-refractivity contribution in [2.45, 2.75) is 13.3 Å². The van der Waals surface area contributed by atoms with Crippen molar-refractivity contribution in [3.63, 3.8) is 0 Å². The lowest BCUT2D eigenvalue weighted by Gasteiger charge is -2.13. The van der Waals surface area contributed by atoms with Crippen LogP contribution in [0.15, 0.2) is 18.6 Å². The highest BCUT2D eigenvalue weighted by atomic mass is 15.1. The van der Waals surface area contributed by atoms with E-state index in [-0.39, 0.29) is 0 Å². The summed E-state index contributed by atoms with van der Waals surface area (Å²) in [6.45, 7) is 6.85. The largest absolute Gasteiger partial charge is 0.368 e. The molecule has 1 aromatic rings. The molecule has 15 heavy (non-hydrogen) atoms. The average Bonchev–Trinajstić information content (AvgIpc) is 2.76. The van der Waals surface area contributed by atoms with Gasteiger partial charge in [0, 0.05) is 25.5 Å². The lowest BCUT2D eigenvalue weighted by molar-refractivity contribution is 0.345. The van der Waals surface area contributed by atoms with Crippen LogP contribution in [0, 0.1) is 5.92 Å². The highest BCUT2D eigenvalue weighted by Crippen LogP contribution is 2.15. The van der Waals surface area contributed by atoms with Gasteiger partial charge in [0.1, 0.15) is 5.82 Å². The van der Waals surface area contributed by atoms with Crippen LogP contribution >= 0.6 is 0 Å². The number of hydrogen-bond acceptors (Lipinski definition) is 4. The van der Waals surface area contributed by atoms with Crippen molar-refractivity contribution in [3.05, 3.63) is 18.6 Å². The van der Waals surface area contributed by atoms with Crippen LogP contribution in [-0.4, -0.2) is 41.0 Å². The molecule has 82 valence electrons. The van der Waals surface area contributed by atoms with E-state index < -0.39 is 0 Å². The minimum absolute atomic E-state index is 0.756. The van der Waals surface area contributed by atoms with E-state index in [0.717, 1.165) is 18.3 Å². The summed E-state index contributed by atoms with van der Waals surface area (Å²) < 4.78 is 0. The minimum atomic E-state index is 0.756. The first-order chi connectivity index (χ1) is 7.38. The van der Waals surface area contributed by atoms with Crippen LogP contribution in [0.5, 0.6) is 0 Å². The SMILES string of the molecule is CCN1CCC(CNc2cnccn2)C1. The zero-order valence-corrected chi connectivity index (χ0v) is 9.19. The van der Waals surface area contributed by atoms with E-state index >= 15 is 0 Å². The number of anilines is 1. The molecule has 2 heterocycles. The number of likely N-dealkylation sites (tertiary alicyclic amines) is 1. The summed E-state index contributed by atoms with van der Waals surface area (Å²) in [6.07, 6.45) is 6.47. The van der Waals surface area contributed by atoms with Gasteiger partial charge in [0.05, 0.1) is 6.20 Å². The Morgan fingerprint density at radius 1 is 1.53 bits per heavy atom. The Kier molecular flexibility index (Phi) is 3.50. The lowest BCUT2D eigenvalue weighted by atomic mass is 10.1. The van der Waals surface area contributed by atoms with E-state index in [4.69, 9.17) is 0 Å². The third-order valence-corrected chi connectivity index (χ3v) is 2.95. The monoisotopic (exact) mass is 206 g/mol. The topological polar surface area (TPSA) is 41.0 Å². The summed E-state index contributed by atoms with van der Waals surface area (Å²) >= 11 is 0. The van der Waals surface area contributed by atoms with Gasteiger partial charge < -0.3 is 10.2 Å². The standard InChI is InChI=1S/C11H18N4/c1-2-15-6-3-10(9-15)7-14-11-8-12-4-5-13-11/h4-5,8,10H,2-3,6-7,9H2,1H3,(H,13,14). The van der Waals surface area contributed by atoms with Gasteiger partial charge in [-0.25, -0.2) is 4.98 Å². The van der Waals surface area contributed by atoms with E-state index in [1.165, 1.54) is 26.1 Å². The summed E-state index contributed by atoms with van der Waals surface area (Å²) in [7, 11) is 0. The quantitative estimate of drug-likeness (QED) is 0.804. The van der Waals surface area contributed by atoms with Crippen molar-refractivity contribution in [3.8, 4) is 0 Å². The van der Waals surface area contributed by atoms with Gasteiger partial charge in [-0.05, 0) is 25.4 Å². The molecule has 1 aliphatic rings. The van der Waals surface area contributed by atoms with Gasteiger partial charge >= 0.3 is 0 Å². The van der Waals surface area contributed by atoms with Crippen LogP contribution in [0.3, 0.4) is 0 Å². The number of aromatic nitrogens is 2. The molecular formula is C11H18N4. The molecule has 2 rings (SSSR count). The first kappa shape index (κ1) is 10.4. The maximum atomic E-state index is 4.19. The molecule has 0 aromatic carbocycles. The van der Waals surface area contributed by atoms with Gasteiger partial charge in [-0.1, -0.05) is 6.92 Å². The minimum Gasteiger partial charge on any atom is -0.368 e. The summed E-state index contributed by atoms with van der Waals surface area (Å²) in [5.41, 5.74) is 0. The van der Waals surface area contributed by atoms with Gasteiger partial charge in [0.15, 0.2) is 0 Å². The highest BCUT2D eigenvalue weighted by Gasteiger charge is 2.20. The Morgan fingerprint density at radius 2 is 2.47 bits per heavy atom. The van der Waals surface area contributed by atoms with Crippen molar-refractivity contribution >= 4 is 5.82 Å². The fraction of sp³-hybridized carbons (Fsp3) is 0.636. The van der Waals surface area contributed by atoms with Crippen molar-refractivity contribution in [2.24, 2.45) is 5.92 Å². The molecule has 0 spiro atoms. The molecule has 0 bridgehead atoms. The Labute approximate surface area is 90.7 Å². The molecule has 0 radical (unpaired) electrons. The van der Waals surface area contributed by atoms with Crippen molar-refractivity contribution in [1.82, 2.24) is 14.9 Å². The van der Waals surface area contributed by atoms with Crippen LogP contribution in [0.2, 0.25) is 0 Å². The Hall–Kier alpha value is -1.16. The van der Waals surface area contributed by atoms with Crippen LogP contribution in [0.25, 0.3) is 0 Å². The predicted octanol–water partition coefficient (Wildman–Crippen LogP) is 1.23. The van der Waals surface area contributed by atoms with E-state index in [2.05, 4.69) is 27.1 Å². The molecule has 0 saturated carbocycles. The number of rotatable bonds is 4. The first-order valence-corrected chi connectivity index (χ1v) is 5.60. The fourth-order valence-corrected chi connectivity index (χ4v) is 2.01. The van der Waals surface area contributed by atoms with Gasteiger partial charge in [-0.15, -0.1) is 0 Å². The number of nitrogens with one attached hydrogen (secondary N) is 1. The molecule has 1 N–H and O–H groups in total. The van der Waals surface area contributed by atoms with Gasteiger partial charge in [0.2, 0.25) is 0 Å². The second-order valence-electron chi connectivity index (χ2n) is 4.02. The smallest absolute Gasteiger partial charge is 0.144 e. The molecule has 1 unspecified atom stereocenters. The predicted molar refractivity (Wildman–Crippen MR) is 60.7 cm³/mol. The zero-order valence-electron chi connectivity index (χ0n) is 9.19. The summed E-state index contributed by atoms with van der Waals surface area (Å²) in [5, 5.41) is 3.33. The maximum Gasteiger partial charge on any atom is 0.144 e. The molecule has 4 heteroatoms. The fourth-order valence-electron chi connectivity index (χ4n) is 2.01. The van der Waals surface area contributed by atoms with Crippen LogP contribution in [0.1, 0.15) is 13.3 Å². The molecule has 1 aliphatic heterocycles. The first-order valence-electron chi connectivity index (χ1n) is 5.60. The van der Waals surface area contributed by atoms with Gasteiger partial charge in [-0.3, -0.25) is 4.98 Å². The van der Waals surface area contributed by atoms with Crippen molar-refractivity contribution in [2.75, 3.05) is 31.5 Å². The second-order valence-corrected chi connectivity index (χ2v) is 4.02. The van der Waals surface area contributed by atoms with Crippen molar-refractivity contribution < 1.29 is 0 Å². The zero-order chi connectivity index (χ0) is 10.5. The molecule has 1 aromatic heterocycles. The lowest BCUT2D eigenvalue weighted by Crippen LogP contribution is -2.22. The Bertz CT molecular complexity index is 288. The van der Waals surface area contributed by atoms with E-state index in [9.17, 15) is 0 Å². The van der Waals surface area contributed by atoms with Crippen LogP contribution in [0.4, 0.5) is 5.82 Å².